The van der Waals surface area contributed by atoms with Crippen molar-refractivity contribution in [1.82, 2.24) is 10.2 Å². The van der Waals surface area contributed by atoms with Gasteiger partial charge in [0.05, 0.1) is 18.1 Å². The third-order valence-electron chi connectivity index (χ3n) is 9.71. The molecular weight excluding hydrogens is 598 g/mol. The summed E-state index contributed by atoms with van der Waals surface area (Å²) in [5.41, 5.74) is 4.59. The number of nitrogens with zero attached hydrogens (tertiary/aromatic N) is 2. The summed E-state index contributed by atoms with van der Waals surface area (Å²) in [5, 5.41) is 10.2. The highest BCUT2D eigenvalue weighted by atomic mass is 32.2. The Balaban J connectivity index is 1.18. The molecule has 0 aromatic heterocycles. The molecule has 3 N–H and O–H groups in total. The summed E-state index contributed by atoms with van der Waals surface area (Å²) in [7, 11) is 0.488. The van der Waals surface area contributed by atoms with Gasteiger partial charge in [0.2, 0.25) is 11.6 Å². The molecule has 1 saturated heterocycles. The van der Waals surface area contributed by atoms with Crippen molar-refractivity contribution in [3.63, 3.8) is 0 Å². The number of carbonyl (C=O) groups excluding carboxylic acids is 1. The van der Waals surface area contributed by atoms with Gasteiger partial charge in [0, 0.05) is 103 Å². The fourth-order valence-electron chi connectivity index (χ4n) is 7.45. The molecule has 0 bridgehead atoms. The SMILES string of the molecule is C=[N+](C1=C(CC)C=C(S(C)=O)C2(Nc3cccc(NC(=O)C=CCN4CCNCC4)c3)CC3C1C32)c1ccc(OCCOC)cc1. The Morgan fingerprint density at radius 1 is 1.17 bits per heavy atom. The Morgan fingerprint density at radius 3 is 2.65 bits per heavy atom. The number of anilines is 2. The predicted molar refractivity (Wildman–Crippen MR) is 185 cm³/mol. The minimum atomic E-state index is -1.17. The number of fused-ring (bicyclic) bond motifs is 1. The van der Waals surface area contributed by atoms with Gasteiger partial charge < -0.3 is 25.4 Å². The number of rotatable bonds is 14. The van der Waals surface area contributed by atoms with E-state index in [1.54, 1.807) is 19.4 Å². The Bertz CT molecular complexity index is 1580. The summed E-state index contributed by atoms with van der Waals surface area (Å²) in [6.45, 7) is 12.4. The molecule has 3 fully saturated rings. The largest absolute Gasteiger partial charge is 0.491 e. The molecule has 1 aliphatic heterocycles. The van der Waals surface area contributed by atoms with Crippen LogP contribution in [0.1, 0.15) is 19.8 Å². The first-order valence-corrected chi connectivity index (χ1v) is 17.8. The molecule has 9 nitrogen and oxygen atoms in total. The number of methoxy groups -OCH3 is 1. The average molecular weight is 645 g/mol. The van der Waals surface area contributed by atoms with Gasteiger partial charge in [0.15, 0.2) is 5.70 Å². The first kappa shape index (κ1) is 32.4. The molecule has 5 unspecified atom stereocenters. The standard InChI is InChI=1S/C36H45N5O4S/c1-5-25-22-31(46(4)43)36(39-27-9-6-8-26(23-27)38-32(42)10-7-17-41-18-15-37-16-19-41)24-30-33(34(30)36)35(25)40(2)28-11-13-29(14-12-28)45-21-20-44-3/h6-14,22-23,30,33-34,37,39H,2,5,15-21,24H2,1,3-4H3/p+1. The van der Waals surface area contributed by atoms with E-state index >= 15 is 0 Å². The topological polar surface area (TPSA) is 94.9 Å². The zero-order valence-corrected chi connectivity index (χ0v) is 27.9. The van der Waals surface area contributed by atoms with E-state index in [-0.39, 0.29) is 5.91 Å². The highest BCUT2D eigenvalue weighted by molar-refractivity contribution is 7.88. The van der Waals surface area contributed by atoms with Crippen LogP contribution in [-0.4, -0.2) is 91.2 Å². The number of hydrogen-bond donors (Lipinski definition) is 3. The van der Waals surface area contributed by atoms with Gasteiger partial charge in [-0.1, -0.05) is 19.1 Å². The number of piperazine rings is 1. The first-order valence-electron chi connectivity index (χ1n) is 16.2. The Labute approximate surface area is 274 Å². The number of hydrogen-bond acceptors (Lipinski definition) is 7. The fraction of sp³-hybridized carbons (Fsp3) is 0.444. The lowest BCUT2D eigenvalue weighted by Crippen LogP contribution is -2.50. The highest BCUT2D eigenvalue weighted by Gasteiger charge is 2.77. The Morgan fingerprint density at radius 2 is 1.93 bits per heavy atom. The lowest BCUT2D eigenvalue weighted by Gasteiger charge is -2.44. The molecule has 0 spiro atoms. The number of benzene rings is 2. The smallest absolute Gasteiger partial charge is 0.248 e. The molecule has 5 atom stereocenters. The Kier molecular flexibility index (Phi) is 9.89. The molecule has 3 aliphatic carbocycles. The van der Waals surface area contributed by atoms with E-state index in [4.69, 9.17) is 9.47 Å². The second kappa shape index (κ2) is 14.0. The van der Waals surface area contributed by atoms with E-state index in [9.17, 15) is 9.00 Å². The molecule has 1 amide bonds. The predicted octanol–water partition coefficient (Wildman–Crippen LogP) is 4.51. The van der Waals surface area contributed by atoms with Crippen molar-refractivity contribution < 1.29 is 23.1 Å². The molecule has 1 heterocycles. The fourth-order valence-corrected chi connectivity index (χ4v) is 8.55. The summed E-state index contributed by atoms with van der Waals surface area (Å²) in [5.74, 6) is 1.78. The van der Waals surface area contributed by atoms with E-state index in [1.807, 2.05) is 54.6 Å². The van der Waals surface area contributed by atoms with Crippen molar-refractivity contribution in [3.8, 4) is 5.75 Å². The maximum absolute atomic E-state index is 13.4. The molecule has 2 saturated carbocycles. The maximum atomic E-state index is 13.4. The quantitative estimate of drug-likeness (QED) is 0.121. The van der Waals surface area contributed by atoms with Gasteiger partial charge in [-0.05, 0) is 55.2 Å². The van der Waals surface area contributed by atoms with Gasteiger partial charge in [-0.2, -0.15) is 4.58 Å². The Hall–Kier alpha value is -3.57. The monoisotopic (exact) mass is 644 g/mol. The molecule has 46 heavy (non-hydrogen) atoms. The number of nitrogens with one attached hydrogen (secondary N) is 3. The zero-order valence-electron chi connectivity index (χ0n) is 27.1. The van der Waals surface area contributed by atoms with Gasteiger partial charge in [0.1, 0.15) is 19.1 Å². The van der Waals surface area contributed by atoms with Crippen molar-refractivity contribution in [1.29, 1.82) is 0 Å². The average Bonchev–Trinajstić information content (AvgIpc) is 3.69. The van der Waals surface area contributed by atoms with Gasteiger partial charge in [-0.3, -0.25) is 13.9 Å². The minimum Gasteiger partial charge on any atom is -0.491 e. The third-order valence-corrected chi connectivity index (χ3v) is 10.8. The molecule has 4 aliphatic rings. The number of allylic oxidation sites excluding steroid dienone is 3. The second-order valence-corrected chi connectivity index (χ2v) is 13.9. The van der Waals surface area contributed by atoms with Crippen LogP contribution in [0.5, 0.6) is 5.75 Å². The summed E-state index contributed by atoms with van der Waals surface area (Å²) < 4.78 is 26.3. The van der Waals surface area contributed by atoms with E-state index in [0.29, 0.717) is 31.0 Å². The molecule has 244 valence electrons. The van der Waals surface area contributed by atoms with Crippen LogP contribution in [0.3, 0.4) is 0 Å². The van der Waals surface area contributed by atoms with Crippen LogP contribution in [0.2, 0.25) is 0 Å². The molecule has 10 heteroatoms. The maximum Gasteiger partial charge on any atom is 0.248 e. The summed E-state index contributed by atoms with van der Waals surface area (Å²) in [6.07, 6.45) is 9.21. The third kappa shape index (κ3) is 6.62. The lowest BCUT2D eigenvalue weighted by molar-refractivity contribution is -0.381. The van der Waals surface area contributed by atoms with E-state index in [0.717, 1.165) is 73.3 Å². The van der Waals surface area contributed by atoms with Crippen molar-refractivity contribution in [2.24, 2.45) is 17.8 Å². The van der Waals surface area contributed by atoms with Crippen LogP contribution in [0.4, 0.5) is 17.1 Å². The second-order valence-electron chi connectivity index (χ2n) is 12.5. The van der Waals surface area contributed by atoms with Crippen LogP contribution in [0.15, 0.2) is 82.9 Å². The van der Waals surface area contributed by atoms with Crippen molar-refractivity contribution in [2.45, 2.75) is 25.3 Å². The molecule has 0 radical (unpaired) electrons. The van der Waals surface area contributed by atoms with E-state index in [2.05, 4.69) is 45.1 Å². The van der Waals surface area contributed by atoms with E-state index < -0.39 is 16.3 Å². The lowest BCUT2D eigenvalue weighted by atomic mass is 9.75. The first-order chi connectivity index (χ1) is 22.3. The van der Waals surface area contributed by atoms with Crippen molar-refractivity contribution >= 4 is 40.5 Å². The van der Waals surface area contributed by atoms with Crippen molar-refractivity contribution in [3.05, 3.63) is 82.9 Å². The highest BCUT2D eigenvalue weighted by Crippen LogP contribution is 2.74. The molecule has 2 aromatic carbocycles. The number of ether oxygens (including phenoxy) is 2. The van der Waals surface area contributed by atoms with Crippen LogP contribution in [0.25, 0.3) is 0 Å². The van der Waals surface area contributed by atoms with Gasteiger partial charge in [-0.25, -0.2) is 0 Å². The van der Waals surface area contributed by atoms with Crippen LogP contribution >= 0.6 is 0 Å². The summed E-state index contributed by atoms with van der Waals surface area (Å²) in [6, 6.07) is 15.9. The van der Waals surface area contributed by atoms with Crippen LogP contribution < -0.4 is 20.7 Å². The normalized spacial score (nSPS) is 26.0. The van der Waals surface area contributed by atoms with Crippen molar-refractivity contribution in [2.75, 3.05) is 69.9 Å². The molecule has 6 rings (SSSR count). The van der Waals surface area contributed by atoms with Crippen LogP contribution in [-0.2, 0) is 20.3 Å². The van der Waals surface area contributed by atoms with E-state index in [1.165, 1.54) is 11.3 Å². The minimum absolute atomic E-state index is 0.146. The molecular formula is C36H46N5O4S+. The molecule has 2 aromatic rings. The number of amides is 1. The summed E-state index contributed by atoms with van der Waals surface area (Å²) >= 11 is 0. The van der Waals surface area contributed by atoms with Gasteiger partial charge in [0.25, 0.3) is 0 Å². The van der Waals surface area contributed by atoms with Gasteiger partial charge >= 0.3 is 0 Å². The summed E-state index contributed by atoms with van der Waals surface area (Å²) in [4.78, 5) is 16.0. The van der Waals surface area contributed by atoms with Crippen LogP contribution in [0, 0.1) is 17.8 Å². The number of carbonyl (C=O) groups is 1. The van der Waals surface area contributed by atoms with Gasteiger partial charge in [-0.15, -0.1) is 0 Å². The zero-order chi connectivity index (χ0) is 32.3.